The number of rotatable bonds is 4. The van der Waals surface area contributed by atoms with Crippen LogP contribution in [-0.4, -0.2) is 53.0 Å². The second-order valence-electron chi connectivity index (χ2n) is 10.1. The first kappa shape index (κ1) is 26.5. The maximum Gasteiger partial charge on any atom is 0.410 e. The van der Waals surface area contributed by atoms with Crippen LogP contribution in [0.2, 0.25) is 0 Å². The minimum absolute atomic E-state index is 0.180. The van der Waals surface area contributed by atoms with Crippen molar-refractivity contribution < 1.29 is 29.3 Å². The van der Waals surface area contributed by atoms with E-state index in [4.69, 9.17) is 9.47 Å². The van der Waals surface area contributed by atoms with Crippen molar-refractivity contribution >= 4 is 12.1 Å². The summed E-state index contributed by atoms with van der Waals surface area (Å²) in [6.07, 6.45) is 1.86. The summed E-state index contributed by atoms with van der Waals surface area (Å²) in [7, 11) is 1.55. The topological polar surface area (TPSA) is 96.3 Å². The Bertz CT molecular complexity index is 1070. The molecule has 1 aliphatic heterocycles. The lowest BCUT2D eigenvalue weighted by atomic mass is 9.53. The van der Waals surface area contributed by atoms with Crippen LogP contribution < -0.4 is 4.74 Å². The smallest absolute Gasteiger partial charge is 0.410 e. The normalized spacial score (nSPS) is 23.2. The van der Waals surface area contributed by atoms with Crippen molar-refractivity contribution in [3.8, 4) is 16.9 Å². The summed E-state index contributed by atoms with van der Waals surface area (Å²) in [5, 5.41) is 21.0. The number of carbonyl (C=O) groups is 2. The third-order valence-corrected chi connectivity index (χ3v) is 6.97. The Kier molecular flexibility index (Phi) is 7.50. The van der Waals surface area contributed by atoms with Crippen LogP contribution in [0.3, 0.4) is 0 Å². The third kappa shape index (κ3) is 5.01. The molecular weight excluding hydrogens is 446 g/mol. The Morgan fingerprint density at radius 3 is 2.17 bits per heavy atom. The number of benzene rings is 2. The summed E-state index contributed by atoms with van der Waals surface area (Å²) in [6.45, 7) is 10.6. The molecule has 190 valence electrons. The lowest BCUT2D eigenvalue weighted by molar-refractivity contribution is -0.168. The van der Waals surface area contributed by atoms with E-state index >= 15 is 0 Å². The van der Waals surface area contributed by atoms with Gasteiger partial charge in [0, 0.05) is 24.1 Å². The number of amides is 1. The number of hydrogen-bond acceptors (Lipinski definition) is 5. The monoisotopic (exact) mass is 483 g/mol. The molecule has 4 rings (SSSR count). The Balaban J connectivity index is 0.00000167. The number of carboxylic acid groups (broad SMARTS) is 1. The zero-order valence-electron chi connectivity index (χ0n) is 21.6. The maximum absolute atomic E-state index is 12.5. The van der Waals surface area contributed by atoms with Gasteiger partial charge in [-0.15, -0.1) is 0 Å². The summed E-state index contributed by atoms with van der Waals surface area (Å²) in [5.74, 6) is -0.424. The van der Waals surface area contributed by atoms with Gasteiger partial charge in [0.2, 0.25) is 0 Å². The van der Waals surface area contributed by atoms with Gasteiger partial charge in [0.25, 0.3) is 0 Å². The average Bonchev–Trinajstić information content (AvgIpc) is 3.31. The van der Waals surface area contributed by atoms with Gasteiger partial charge in [-0.1, -0.05) is 38.1 Å². The van der Waals surface area contributed by atoms with Gasteiger partial charge in [-0.3, -0.25) is 0 Å². The SMILES string of the molecule is CC.COc1ccc(C(=O)O)cc1-c1ccc(C2(O)CCC23CCN(C(=O)OC(C)(C)C)C3)cc1. The lowest BCUT2D eigenvalue weighted by Gasteiger charge is -2.54. The van der Waals surface area contributed by atoms with Crippen molar-refractivity contribution in [1.29, 1.82) is 0 Å². The molecule has 0 radical (unpaired) electrons. The van der Waals surface area contributed by atoms with Crippen molar-refractivity contribution in [3.05, 3.63) is 53.6 Å². The number of carbonyl (C=O) groups excluding carboxylic acids is 1. The molecule has 1 aliphatic carbocycles. The highest BCUT2D eigenvalue weighted by Crippen LogP contribution is 2.61. The molecule has 2 aromatic rings. The van der Waals surface area contributed by atoms with Crippen LogP contribution in [0.25, 0.3) is 11.1 Å². The molecule has 7 nitrogen and oxygen atoms in total. The number of ether oxygens (including phenoxy) is 2. The predicted molar refractivity (Wildman–Crippen MR) is 135 cm³/mol. The fourth-order valence-corrected chi connectivity index (χ4v) is 5.05. The Hall–Kier alpha value is -3.06. The molecule has 2 fully saturated rings. The van der Waals surface area contributed by atoms with Crippen LogP contribution in [-0.2, 0) is 10.3 Å². The Morgan fingerprint density at radius 2 is 1.66 bits per heavy atom. The summed E-state index contributed by atoms with van der Waals surface area (Å²) >= 11 is 0. The Morgan fingerprint density at radius 1 is 1.00 bits per heavy atom. The number of methoxy groups -OCH3 is 1. The van der Waals surface area contributed by atoms with Crippen molar-refractivity contribution in [2.24, 2.45) is 5.41 Å². The molecule has 1 amide bonds. The first-order chi connectivity index (χ1) is 16.5. The summed E-state index contributed by atoms with van der Waals surface area (Å²) < 4.78 is 10.9. The van der Waals surface area contributed by atoms with E-state index in [1.165, 1.54) is 6.07 Å². The highest BCUT2D eigenvalue weighted by Gasteiger charge is 2.62. The third-order valence-electron chi connectivity index (χ3n) is 6.97. The molecule has 35 heavy (non-hydrogen) atoms. The number of aromatic carboxylic acids is 1. The molecular formula is C28H37NO6. The molecule has 2 unspecified atom stereocenters. The van der Waals surface area contributed by atoms with E-state index in [9.17, 15) is 19.8 Å². The summed E-state index contributed by atoms with van der Waals surface area (Å²) in [4.78, 5) is 25.6. The van der Waals surface area contributed by atoms with E-state index in [1.807, 2.05) is 58.9 Å². The van der Waals surface area contributed by atoms with Gasteiger partial charge in [0.05, 0.1) is 18.3 Å². The highest BCUT2D eigenvalue weighted by molar-refractivity contribution is 5.90. The minimum atomic E-state index is -1.02. The summed E-state index contributed by atoms with van der Waals surface area (Å²) in [6, 6.07) is 12.3. The van der Waals surface area contributed by atoms with Crippen LogP contribution >= 0.6 is 0 Å². The number of likely N-dealkylation sites (tertiary alicyclic amines) is 1. The number of hydrogen-bond donors (Lipinski definition) is 2. The average molecular weight is 484 g/mol. The van der Waals surface area contributed by atoms with Crippen LogP contribution in [0.5, 0.6) is 5.75 Å². The quantitative estimate of drug-likeness (QED) is 0.579. The molecule has 0 aromatic heterocycles. The lowest BCUT2D eigenvalue weighted by Crippen LogP contribution is -2.56. The minimum Gasteiger partial charge on any atom is -0.496 e. The zero-order valence-corrected chi connectivity index (χ0v) is 21.6. The van der Waals surface area contributed by atoms with Crippen molar-refractivity contribution in [3.63, 3.8) is 0 Å². The first-order valence-corrected chi connectivity index (χ1v) is 12.2. The fourth-order valence-electron chi connectivity index (χ4n) is 5.05. The predicted octanol–water partition coefficient (Wildman–Crippen LogP) is 5.70. The van der Waals surface area contributed by atoms with E-state index in [1.54, 1.807) is 24.1 Å². The molecule has 1 spiro atoms. The largest absolute Gasteiger partial charge is 0.496 e. The van der Waals surface area contributed by atoms with Gasteiger partial charge in [-0.25, -0.2) is 9.59 Å². The number of aliphatic hydroxyl groups is 1. The van der Waals surface area contributed by atoms with Gasteiger partial charge < -0.3 is 24.6 Å². The van der Waals surface area contributed by atoms with Crippen LogP contribution in [0.4, 0.5) is 4.79 Å². The van der Waals surface area contributed by atoms with E-state index < -0.39 is 17.2 Å². The van der Waals surface area contributed by atoms with E-state index in [2.05, 4.69) is 0 Å². The second kappa shape index (κ2) is 9.90. The second-order valence-corrected chi connectivity index (χ2v) is 10.1. The molecule has 1 saturated heterocycles. The van der Waals surface area contributed by atoms with Gasteiger partial charge in [-0.2, -0.15) is 0 Å². The molecule has 7 heteroatoms. The fraction of sp³-hybridized carbons (Fsp3) is 0.500. The standard InChI is InChI=1S/C26H31NO6.C2H6/c1-24(2,3)33-23(30)27-14-13-25(16-27)11-12-26(25,31)19-8-5-17(6-9-19)20-15-18(22(28)29)7-10-21(20)32-4;1-2/h5-10,15,31H,11-14,16H2,1-4H3,(H,28,29);1-2H3. The van der Waals surface area contributed by atoms with Gasteiger partial charge >= 0.3 is 12.1 Å². The molecule has 1 heterocycles. The van der Waals surface area contributed by atoms with Gasteiger partial charge in [0.15, 0.2) is 0 Å². The molecule has 2 aromatic carbocycles. The summed E-state index contributed by atoms with van der Waals surface area (Å²) in [5.41, 5.74) is 0.504. The molecule has 2 aliphatic rings. The Labute approximate surface area is 207 Å². The molecule has 1 saturated carbocycles. The molecule has 2 N–H and O–H groups in total. The van der Waals surface area contributed by atoms with Crippen molar-refractivity contribution in [2.45, 2.75) is 65.1 Å². The van der Waals surface area contributed by atoms with Crippen LogP contribution in [0.15, 0.2) is 42.5 Å². The van der Waals surface area contributed by atoms with Gasteiger partial charge in [0.1, 0.15) is 11.4 Å². The van der Waals surface area contributed by atoms with E-state index in [0.717, 1.165) is 24.0 Å². The van der Waals surface area contributed by atoms with E-state index in [-0.39, 0.29) is 17.1 Å². The maximum atomic E-state index is 12.5. The molecule has 2 atom stereocenters. The zero-order chi connectivity index (χ0) is 26.0. The van der Waals surface area contributed by atoms with Crippen molar-refractivity contribution in [1.82, 2.24) is 4.90 Å². The van der Waals surface area contributed by atoms with Crippen molar-refractivity contribution in [2.75, 3.05) is 20.2 Å². The van der Waals surface area contributed by atoms with Crippen LogP contribution in [0.1, 0.15) is 69.8 Å². The first-order valence-electron chi connectivity index (χ1n) is 12.2. The van der Waals surface area contributed by atoms with E-state index in [0.29, 0.717) is 30.8 Å². The highest BCUT2D eigenvalue weighted by atomic mass is 16.6. The number of nitrogens with zero attached hydrogens (tertiary/aromatic N) is 1. The van der Waals surface area contributed by atoms with Crippen LogP contribution in [0, 0.1) is 5.41 Å². The number of carboxylic acids is 1. The van der Waals surface area contributed by atoms with Gasteiger partial charge in [-0.05, 0) is 69.4 Å². The molecule has 0 bridgehead atoms.